The summed E-state index contributed by atoms with van der Waals surface area (Å²) in [6, 6.07) is 13.4. The lowest BCUT2D eigenvalue weighted by atomic mass is 10.2. The molecule has 0 aliphatic heterocycles. The average molecular weight is 360 g/mol. The van der Waals surface area contributed by atoms with E-state index in [4.69, 9.17) is 4.74 Å². The number of fused-ring (bicyclic) bond motifs is 1. The first kappa shape index (κ1) is 17.0. The van der Waals surface area contributed by atoms with Crippen molar-refractivity contribution in [3.63, 3.8) is 0 Å². The van der Waals surface area contributed by atoms with Crippen LogP contribution in [0, 0.1) is 0 Å². The highest BCUT2D eigenvalue weighted by Gasteiger charge is 2.10. The van der Waals surface area contributed by atoms with Crippen molar-refractivity contribution in [3.05, 3.63) is 66.2 Å². The van der Waals surface area contributed by atoms with E-state index in [-0.39, 0.29) is 0 Å². The molecule has 3 aromatic heterocycles. The zero-order chi connectivity index (χ0) is 18.6. The largest absolute Gasteiger partial charge is 0.456 e. The van der Waals surface area contributed by atoms with Gasteiger partial charge in [-0.15, -0.1) is 5.10 Å². The topological polar surface area (TPSA) is 77.2 Å². The predicted molar refractivity (Wildman–Crippen MR) is 104 cm³/mol. The van der Waals surface area contributed by atoms with Gasteiger partial charge >= 0.3 is 0 Å². The Hall–Kier alpha value is -3.48. The van der Waals surface area contributed by atoms with Gasteiger partial charge in [-0.1, -0.05) is 13.8 Å². The lowest BCUT2D eigenvalue weighted by Crippen LogP contribution is -2.02. The van der Waals surface area contributed by atoms with Gasteiger partial charge in [0.1, 0.15) is 11.5 Å². The standard InChI is InChI=1S/C20H20N6O/c1-3-14-12-16(4-2)26-20(23-14)24-19(25-26)22-15-7-9-17(10-8-15)27-18-6-5-11-21-13-18/h5-13H,3-4H2,1-2H3,(H,22,25). The van der Waals surface area contributed by atoms with Crippen LogP contribution in [0.4, 0.5) is 11.6 Å². The maximum atomic E-state index is 5.75. The Morgan fingerprint density at radius 3 is 2.56 bits per heavy atom. The van der Waals surface area contributed by atoms with Gasteiger partial charge in [-0.3, -0.25) is 4.98 Å². The second-order valence-electron chi connectivity index (χ2n) is 6.03. The van der Waals surface area contributed by atoms with Crippen LogP contribution in [0.25, 0.3) is 5.78 Å². The molecule has 0 spiro atoms. The first-order valence-corrected chi connectivity index (χ1v) is 8.95. The van der Waals surface area contributed by atoms with Gasteiger partial charge in [-0.05, 0) is 55.3 Å². The molecule has 0 amide bonds. The predicted octanol–water partition coefficient (Wildman–Crippen LogP) is 4.18. The van der Waals surface area contributed by atoms with Crippen molar-refractivity contribution < 1.29 is 4.74 Å². The summed E-state index contributed by atoms with van der Waals surface area (Å²) in [5, 5.41) is 7.76. The molecular weight excluding hydrogens is 340 g/mol. The zero-order valence-electron chi connectivity index (χ0n) is 15.3. The third-order valence-electron chi connectivity index (χ3n) is 4.14. The van der Waals surface area contributed by atoms with E-state index in [0.717, 1.165) is 35.7 Å². The monoisotopic (exact) mass is 360 g/mol. The van der Waals surface area contributed by atoms with Gasteiger partial charge in [-0.2, -0.15) is 9.50 Å². The third kappa shape index (κ3) is 3.72. The molecule has 0 fully saturated rings. The summed E-state index contributed by atoms with van der Waals surface area (Å²) in [6.45, 7) is 4.19. The second-order valence-corrected chi connectivity index (χ2v) is 6.03. The molecule has 0 bridgehead atoms. The molecule has 136 valence electrons. The second kappa shape index (κ2) is 7.41. The molecule has 4 rings (SSSR count). The van der Waals surface area contributed by atoms with Crippen LogP contribution in [0.3, 0.4) is 0 Å². The van der Waals surface area contributed by atoms with Crippen LogP contribution in [0.2, 0.25) is 0 Å². The van der Waals surface area contributed by atoms with E-state index in [1.54, 1.807) is 16.9 Å². The highest BCUT2D eigenvalue weighted by molar-refractivity contribution is 5.56. The summed E-state index contributed by atoms with van der Waals surface area (Å²) in [7, 11) is 0. The molecule has 0 aliphatic carbocycles. The van der Waals surface area contributed by atoms with Gasteiger partial charge in [0.25, 0.3) is 5.78 Å². The number of nitrogens with zero attached hydrogens (tertiary/aromatic N) is 5. The normalized spacial score (nSPS) is 10.9. The summed E-state index contributed by atoms with van der Waals surface area (Å²) >= 11 is 0. The van der Waals surface area contributed by atoms with Gasteiger partial charge < -0.3 is 10.1 Å². The fourth-order valence-electron chi connectivity index (χ4n) is 2.75. The Bertz CT molecular complexity index is 1040. The van der Waals surface area contributed by atoms with Crippen molar-refractivity contribution >= 4 is 17.4 Å². The van der Waals surface area contributed by atoms with E-state index >= 15 is 0 Å². The van der Waals surface area contributed by atoms with Crippen LogP contribution in [-0.2, 0) is 12.8 Å². The molecule has 7 heteroatoms. The lowest BCUT2D eigenvalue weighted by Gasteiger charge is -2.06. The molecule has 0 saturated heterocycles. The number of ether oxygens (including phenoxy) is 1. The van der Waals surface area contributed by atoms with Crippen molar-refractivity contribution in [2.24, 2.45) is 0 Å². The number of benzene rings is 1. The quantitative estimate of drug-likeness (QED) is 0.556. The summed E-state index contributed by atoms with van der Waals surface area (Å²) in [6.07, 6.45) is 5.13. The van der Waals surface area contributed by atoms with E-state index in [1.165, 1.54) is 0 Å². The van der Waals surface area contributed by atoms with Crippen LogP contribution in [0.1, 0.15) is 25.2 Å². The summed E-state index contributed by atoms with van der Waals surface area (Å²) < 4.78 is 7.54. The van der Waals surface area contributed by atoms with E-state index < -0.39 is 0 Å². The van der Waals surface area contributed by atoms with E-state index in [2.05, 4.69) is 45.3 Å². The highest BCUT2D eigenvalue weighted by atomic mass is 16.5. The average Bonchev–Trinajstić information content (AvgIpc) is 3.11. The SMILES string of the molecule is CCc1cc(CC)n2nc(Nc3ccc(Oc4cccnc4)cc3)nc2n1. The minimum atomic E-state index is 0.520. The molecule has 0 aliphatic rings. The molecular formula is C20H20N6O. The summed E-state index contributed by atoms with van der Waals surface area (Å²) in [5.74, 6) is 2.57. The fourth-order valence-corrected chi connectivity index (χ4v) is 2.75. The van der Waals surface area contributed by atoms with Crippen LogP contribution >= 0.6 is 0 Å². The molecule has 27 heavy (non-hydrogen) atoms. The van der Waals surface area contributed by atoms with Crippen LogP contribution in [-0.4, -0.2) is 24.6 Å². The van der Waals surface area contributed by atoms with E-state index in [0.29, 0.717) is 17.5 Å². The van der Waals surface area contributed by atoms with Crippen LogP contribution < -0.4 is 10.1 Å². The third-order valence-corrected chi connectivity index (χ3v) is 4.14. The summed E-state index contributed by atoms with van der Waals surface area (Å²) in [5.41, 5.74) is 2.99. The van der Waals surface area contributed by atoms with Crippen molar-refractivity contribution in [1.82, 2.24) is 24.6 Å². The van der Waals surface area contributed by atoms with Crippen molar-refractivity contribution in [2.75, 3.05) is 5.32 Å². The number of rotatable bonds is 6. The smallest absolute Gasteiger partial charge is 0.254 e. The number of aryl methyl sites for hydroxylation is 2. The van der Waals surface area contributed by atoms with Crippen molar-refractivity contribution in [2.45, 2.75) is 26.7 Å². The highest BCUT2D eigenvalue weighted by Crippen LogP contribution is 2.23. The molecule has 1 N–H and O–H groups in total. The molecule has 0 atom stereocenters. The first-order valence-electron chi connectivity index (χ1n) is 8.95. The number of nitrogens with one attached hydrogen (secondary N) is 1. The number of hydrogen-bond acceptors (Lipinski definition) is 6. The van der Waals surface area contributed by atoms with Gasteiger partial charge in [0.2, 0.25) is 5.95 Å². The Balaban J connectivity index is 1.53. The number of hydrogen-bond donors (Lipinski definition) is 1. The Labute approximate surface area is 157 Å². The van der Waals surface area contributed by atoms with E-state index in [9.17, 15) is 0 Å². The molecule has 0 unspecified atom stereocenters. The fraction of sp³-hybridized carbons (Fsp3) is 0.200. The first-order chi connectivity index (χ1) is 13.2. The molecule has 1 aromatic carbocycles. The summed E-state index contributed by atoms with van der Waals surface area (Å²) in [4.78, 5) is 13.1. The van der Waals surface area contributed by atoms with Gasteiger partial charge in [0, 0.05) is 23.3 Å². The molecule has 0 radical (unpaired) electrons. The molecule has 0 saturated carbocycles. The Morgan fingerprint density at radius 2 is 1.85 bits per heavy atom. The van der Waals surface area contributed by atoms with Gasteiger partial charge in [0.15, 0.2) is 0 Å². The molecule has 4 aromatic rings. The number of pyridine rings is 1. The zero-order valence-corrected chi connectivity index (χ0v) is 15.3. The van der Waals surface area contributed by atoms with Crippen molar-refractivity contribution in [1.29, 1.82) is 0 Å². The van der Waals surface area contributed by atoms with Crippen LogP contribution in [0.15, 0.2) is 54.9 Å². The number of aromatic nitrogens is 5. The van der Waals surface area contributed by atoms with Crippen molar-refractivity contribution in [3.8, 4) is 11.5 Å². The maximum Gasteiger partial charge on any atom is 0.254 e. The van der Waals surface area contributed by atoms with Gasteiger partial charge in [0.05, 0.1) is 6.20 Å². The molecule has 7 nitrogen and oxygen atoms in total. The molecule has 3 heterocycles. The van der Waals surface area contributed by atoms with Crippen LogP contribution in [0.5, 0.6) is 11.5 Å². The maximum absolute atomic E-state index is 5.75. The van der Waals surface area contributed by atoms with E-state index in [1.807, 2.05) is 36.4 Å². The van der Waals surface area contributed by atoms with Gasteiger partial charge in [-0.25, -0.2) is 4.98 Å². The lowest BCUT2D eigenvalue weighted by molar-refractivity contribution is 0.480. The Morgan fingerprint density at radius 1 is 1.00 bits per heavy atom. The Kier molecular flexibility index (Phi) is 4.65. The minimum absolute atomic E-state index is 0.520. The minimum Gasteiger partial charge on any atom is -0.456 e. The number of anilines is 2.